The fourth-order valence-corrected chi connectivity index (χ4v) is 2.92. The van der Waals surface area contributed by atoms with E-state index in [1.165, 1.54) is 0 Å². The minimum Gasteiger partial charge on any atom is -0.324 e. The highest BCUT2D eigenvalue weighted by Crippen LogP contribution is 2.26. The summed E-state index contributed by atoms with van der Waals surface area (Å²) < 4.78 is 25.7. The predicted molar refractivity (Wildman–Crippen MR) is 76.2 cm³/mol. The van der Waals surface area contributed by atoms with Crippen LogP contribution in [0.3, 0.4) is 0 Å². The molecule has 20 heavy (non-hydrogen) atoms. The highest BCUT2D eigenvalue weighted by molar-refractivity contribution is 7.91. The Morgan fingerprint density at radius 2 is 1.90 bits per heavy atom. The molecule has 0 fully saturated rings. The van der Waals surface area contributed by atoms with Crippen LogP contribution in [0, 0.1) is 0 Å². The number of benzene rings is 1. The van der Waals surface area contributed by atoms with Crippen LogP contribution in [0.2, 0.25) is 0 Å². The zero-order valence-corrected chi connectivity index (χ0v) is 12.1. The summed E-state index contributed by atoms with van der Waals surface area (Å²) in [6.45, 7) is 4.24. The Morgan fingerprint density at radius 1 is 1.15 bits per heavy atom. The van der Waals surface area contributed by atoms with Crippen LogP contribution in [0.5, 0.6) is 0 Å². The molecule has 0 saturated carbocycles. The smallest absolute Gasteiger partial charge is 0.269 e. The van der Waals surface area contributed by atoms with Crippen LogP contribution in [0.15, 0.2) is 29.4 Å². The maximum absolute atomic E-state index is 11.9. The van der Waals surface area contributed by atoms with E-state index in [9.17, 15) is 8.42 Å². The number of aromatic nitrogens is 4. The lowest BCUT2D eigenvalue weighted by molar-refractivity contribution is 0.585. The first kappa shape index (κ1) is 13.0. The molecule has 104 valence electrons. The van der Waals surface area contributed by atoms with Crippen molar-refractivity contribution >= 4 is 31.9 Å². The van der Waals surface area contributed by atoms with Crippen LogP contribution in [0.25, 0.3) is 22.1 Å². The molecule has 0 N–H and O–H groups in total. The average Bonchev–Trinajstić information content (AvgIpc) is 2.80. The molecule has 0 aliphatic heterocycles. The second kappa shape index (κ2) is 4.52. The molecule has 6 nitrogen and oxygen atoms in total. The molecule has 0 atom stereocenters. The molecule has 1 aromatic carbocycles. The van der Waals surface area contributed by atoms with Gasteiger partial charge in [-0.2, -0.15) is 4.98 Å². The molecule has 3 rings (SSSR count). The van der Waals surface area contributed by atoms with Crippen molar-refractivity contribution in [2.45, 2.75) is 25.5 Å². The van der Waals surface area contributed by atoms with Gasteiger partial charge in [-0.15, -0.1) is 10.2 Å². The summed E-state index contributed by atoms with van der Waals surface area (Å²) in [6.07, 6.45) is 0. The van der Waals surface area contributed by atoms with E-state index in [1.54, 1.807) is 6.92 Å². The zero-order valence-electron chi connectivity index (χ0n) is 11.2. The minimum absolute atomic E-state index is 0.0352. The van der Waals surface area contributed by atoms with Gasteiger partial charge < -0.3 is 4.57 Å². The number of nitrogens with zero attached hydrogens (tertiary/aromatic N) is 4. The molecule has 0 unspecified atom stereocenters. The fraction of sp³-hybridized carbons (Fsp3) is 0.308. The van der Waals surface area contributed by atoms with Gasteiger partial charge in [0.1, 0.15) is 5.52 Å². The number of aryl methyl sites for hydroxylation is 1. The molecular formula is C13H14N4O2S. The normalized spacial score (nSPS) is 12.3. The van der Waals surface area contributed by atoms with Crippen LogP contribution in [0.4, 0.5) is 0 Å². The first-order chi connectivity index (χ1) is 9.58. The van der Waals surface area contributed by atoms with Gasteiger partial charge in [0.2, 0.25) is 9.84 Å². The average molecular weight is 290 g/mol. The van der Waals surface area contributed by atoms with Gasteiger partial charge in [0.15, 0.2) is 5.65 Å². The van der Waals surface area contributed by atoms with Gasteiger partial charge in [-0.05, 0) is 13.0 Å². The van der Waals surface area contributed by atoms with Crippen molar-refractivity contribution in [2.24, 2.45) is 0 Å². The summed E-state index contributed by atoms with van der Waals surface area (Å²) in [5.74, 6) is -0.0352. The number of hydrogen-bond donors (Lipinski definition) is 0. The van der Waals surface area contributed by atoms with Gasteiger partial charge in [0, 0.05) is 11.9 Å². The fourth-order valence-electron chi connectivity index (χ4n) is 2.27. The Balaban J connectivity index is 2.43. The molecule has 0 saturated heterocycles. The molecule has 0 aliphatic carbocycles. The summed E-state index contributed by atoms with van der Waals surface area (Å²) in [7, 11) is -3.45. The van der Waals surface area contributed by atoms with Crippen molar-refractivity contribution < 1.29 is 8.42 Å². The van der Waals surface area contributed by atoms with E-state index in [0.717, 1.165) is 10.9 Å². The van der Waals surface area contributed by atoms with Crippen molar-refractivity contribution in [3.8, 4) is 0 Å². The lowest BCUT2D eigenvalue weighted by Crippen LogP contribution is -2.11. The van der Waals surface area contributed by atoms with E-state index in [-0.39, 0.29) is 10.9 Å². The number of para-hydroxylation sites is 1. The van der Waals surface area contributed by atoms with Crippen LogP contribution in [0.1, 0.15) is 13.8 Å². The summed E-state index contributed by atoms with van der Waals surface area (Å²) in [5, 5.41) is 8.60. The number of hydrogen-bond acceptors (Lipinski definition) is 5. The third-order valence-corrected chi connectivity index (χ3v) is 4.82. The molecule has 0 bridgehead atoms. The third-order valence-electron chi connectivity index (χ3n) is 3.33. The van der Waals surface area contributed by atoms with Crippen molar-refractivity contribution in [3.63, 3.8) is 0 Å². The molecule has 7 heteroatoms. The van der Waals surface area contributed by atoms with Gasteiger partial charge in [-0.25, -0.2) is 8.42 Å². The first-order valence-corrected chi connectivity index (χ1v) is 8.08. The van der Waals surface area contributed by atoms with Gasteiger partial charge in [-0.1, -0.05) is 25.1 Å². The Kier molecular flexibility index (Phi) is 2.93. The molecule has 0 radical (unpaired) electrons. The van der Waals surface area contributed by atoms with Gasteiger partial charge >= 0.3 is 0 Å². The first-order valence-electron chi connectivity index (χ1n) is 6.43. The van der Waals surface area contributed by atoms with Crippen molar-refractivity contribution in [1.82, 2.24) is 19.7 Å². The molecule has 0 aliphatic rings. The van der Waals surface area contributed by atoms with E-state index in [0.29, 0.717) is 17.7 Å². The minimum atomic E-state index is -3.45. The maximum atomic E-state index is 11.9. The van der Waals surface area contributed by atoms with E-state index in [2.05, 4.69) is 15.2 Å². The zero-order chi connectivity index (χ0) is 14.3. The topological polar surface area (TPSA) is 77.7 Å². The maximum Gasteiger partial charge on any atom is 0.269 e. The highest BCUT2D eigenvalue weighted by atomic mass is 32.2. The monoisotopic (exact) mass is 290 g/mol. The standard InChI is InChI=1S/C13H14N4O2S/c1-3-17-10-8-6-5-7-9(10)11-12(17)14-13(16-15-11)20(18,19)4-2/h5-8H,3-4H2,1-2H3. The summed E-state index contributed by atoms with van der Waals surface area (Å²) in [5.41, 5.74) is 2.19. The van der Waals surface area contributed by atoms with E-state index < -0.39 is 9.84 Å². The van der Waals surface area contributed by atoms with Crippen LogP contribution >= 0.6 is 0 Å². The Labute approximate surface area is 116 Å². The molecular weight excluding hydrogens is 276 g/mol. The third kappa shape index (κ3) is 1.77. The van der Waals surface area contributed by atoms with Crippen molar-refractivity contribution in [1.29, 1.82) is 0 Å². The van der Waals surface area contributed by atoms with Crippen LogP contribution in [-0.2, 0) is 16.4 Å². The predicted octanol–water partition coefficient (Wildman–Crippen LogP) is 1.79. The van der Waals surface area contributed by atoms with Gasteiger partial charge in [0.25, 0.3) is 5.16 Å². The second-order valence-corrected chi connectivity index (χ2v) is 6.60. The lowest BCUT2D eigenvalue weighted by atomic mass is 10.2. The number of sulfone groups is 1. The molecule has 3 aromatic rings. The Bertz CT molecular complexity index is 899. The van der Waals surface area contributed by atoms with E-state index >= 15 is 0 Å². The molecule has 0 amide bonds. The highest BCUT2D eigenvalue weighted by Gasteiger charge is 2.20. The summed E-state index contributed by atoms with van der Waals surface area (Å²) in [6, 6.07) is 7.76. The van der Waals surface area contributed by atoms with Crippen molar-refractivity contribution in [3.05, 3.63) is 24.3 Å². The second-order valence-electron chi connectivity index (χ2n) is 4.43. The molecule has 2 aromatic heterocycles. The van der Waals surface area contributed by atoms with Gasteiger partial charge in [0.05, 0.1) is 11.3 Å². The lowest BCUT2D eigenvalue weighted by Gasteiger charge is -2.02. The summed E-state index contributed by atoms with van der Waals surface area (Å²) >= 11 is 0. The van der Waals surface area contributed by atoms with Crippen molar-refractivity contribution in [2.75, 3.05) is 5.75 Å². The number of rotatable bonds is 3. The van der Waals surface area contributed by atoms with E-state index in [4.69, 9.17) is 0 Å². The quantitative estimate of drug-likeness (QED) is 0.735. The molecule has 2 heterocycles. The van der Waals surface area contributed by atoms with E-state index in [1.807, 2.05) is 35.8 Å². The van der Waals surface area contributed by atoms with Gasteiger partial charge in [-0.3, -0.25) is 0 Å². The van der Waals surface area contributed by atoms with Crippen LogP contribution in [-0.4, -0.2) is 33.9 Å². The molecule has 0 spiro atoms. The van der Waals surface area contributed by atoms with Crippen LogP contribution < -0.4 is 0 Å². The largest absolute Gasteiger partial charge is 0.324 e. The Morgan fingerprint density at radius 3 is 2.60 bits per heavy atom. The summed E-state index contributed by atoms with van der Waals surface area (Å²) in [4.78, 5) is 4.23. The Hall–Kier alpha value is -2.02. The SMILES string of the molecule is CCn1c2ccccc2c2nnc(S(=O)(=O)CC)nc21. The number of fused-ring (bicyclic) bond motifs is 3.